The normalized spacial score (nSPS) is 10.8. The minimum atomic E-state index is -0.104. The molecule has 0 radical (unpaired) electrons. The topological polar surface area (TPSA) is 39.2 Å². The van der Waals surface area contributed by atoms with Crippen LogP contribution >= 0.6 is 22.9 Å². The summed E-state index contributed by atoms with van der Waals surface area (Å²) in [7, 11) is 0. The van der Waals surface area contributed by atoms with Crippen LogP contribution in [0.5, 0.6) is 0 Å². The molecule has 5 heteroatoms. The number of benzene rings is 2. The number of aromatic nitrogens is 1. The fourth-order valence-corrected chi connectivity index (χ4v) is 4.27. The minimum Gasteiger partial charge on any atom is -0.466 e. The van der Waals surface area contributed by atoms with Crippen LogP contribution in [0.4, 0.5) is 0 Å². The van der Waals surface area contributed by atoms with Gasteiger partial charge in [-0.1, -0.05) is 60.5 Å². The number of hydrogen-bond acceptors (Lipinski definition) is 4. The number of thiazole rings is 1. The van der Waals surface area contributed by atoms with Gasteiger partial charge >= 0.3 is 5.97 Å². The number of nitrogens with zero attached hydrogens (tertiary/aromatic N) is 1. The van der Waals surface area contributed by atoms with Crippen LogP contribution in [-0.2, 0) is 16.0 Å². The summed E-state index contributed by atoms with van der Waals surface area (Å²) in [6, 6.07) is 18.2. The van der Waals surface area contributed by atoms with Crippen molar-refractivity contribution in [3.05, 3.63) is 64.6 Å². The van der Waals surface area contributed by atoms with Gasteiger partial charge in [-0.15, -0.1) is 11.3 Å². The molecule has 0 unspecified atom stereocenters. The number of rotatable bonds is 9. The zero-order valence-corrected chi connectivity index (χ0v) is 17.6. The third-order valence-corrected chi connectivity index (χ3v) is 5.82. The SMILES string of the molecule is CCOC(=O)CCCCCc1nc(-c2ccc(Cl)cc2)c(-c2ccccc2)s1. The van der Waals surface area contributed by atoms with Crippen molar-refractivity contribution in [1.29, 1.82) is 0 Å². The third kappa shape index (κ3) is 5.66. The summed E-state index contributed by atoms with van der Waals surface area (Å²) in [4.78, 5) is 17.5. The van der Waals surface area contributed by atoms with E-state index >= 15 is 0 Å². The predicted molar refractivity (Wildman–Crippen MR) is 117 cm³/mol. The van der Waals surface area contributed by atoms with Gasteiger partial charge < -0.3 is 4.74 Å². The van der Waals surface area contributed by atoms with Gasteiger partial charge in [-0.3, -0.25) is 4.79 Å². The Labute approximate surface area is 175 Å². The first-order valence-corrected chi connectivity index (χ1v) is 10.8. The van der Waals surface area contributed by atoms with Gasteiger partial charge in [-0.2, -0.15) is 0 Å². The summed E-state index contributed by atoms with van der Waals surface area (Å²) >= 11 is 7.80. The second-order valence-corrected chi connectivity index (χ2v) is 8.04. The highest BCUT2D eigenvalue weighted by Crippen LogP contribution is 2.37. The molecule has 0 saturated carbocycles. The number of halogens is 1. The van der Waals surface area contributed by atoms with E-state index in [0.29, 0.717) is 13.0 Å². The molecule has 2 aromatic carbocycles. The Morgan fingerprint density at radius 3 is 2.46 bits per heavy atom. The van der Waals surface area contributed by atoms with Crippen LogP contribution in [0.1, 0.15) is 37.6 Å². The Bertz CT molecular complexity index is 891. The number of hydrogen-bond donors (Lipinski definition) is 0. The van der Waals surface area contributed by atoms with Crippen molar-refractivity contribution >= 4 is 28.9 Å². The fourth-order valence-electron chi connectivity index (χ4n) is 3.02. The molecule has 0 amide bonds. The molecule has 146 valence electrons. The van der Waals surface area contributed by atoms with Crippen LogP contribution in [0.3, 0.4) is 0 Å². The van der Waals surface area contributed by atoms with Crippen molar-refractivity contribution in [1.82, 2.24) is 4.98 Å². The predicted octanol–water partition coefficient (Wildman–Crippen LogP) is 6.80. The summed E-state index contributed by atoms with van der Waals surface area (Å²) in [6.07, 6.45) is 4.29. The number of carbonyl (C=O) groups is 1. The molecule has 0 saturated heterocycles. The number of ether oxygens (including phenoxy) is 1. The van der Waals surface area contributed by atoms with Crippen LogP contribution in [0.25, 0.3) is 21.7 Å². The molecule has 3 rings (SSSR count). The van der Waals surface area contributed by atoms with E-state index in [4.69, 9.17) is 21.3 Å². The van der Waals surface area contributed by atoms with Crippen molar-refractivity contribution in [2.24, 2.45) is 0 Å². The molecular weight excluding hydrogens is 390 g/mol. The molecule has 0 aliphatic heterocycles. The van der Waals surface area contributed by atoms with Crippen molar-refractivity contribution < 1.29 is 9.53 Å². The van der Waals surface area contributed by atoms with Crippen LogP contribution in [0, 0.1) is 0 Å². The molecule has 1 heterocycles. The largest absolute Gasteiger partial charge is 0.466 e. The summed E-state index contributed by atoms with van der Waals surface area (Å²) in [5.74, 6) is -0.104. The van der Waals surface area contributed by atoms with Gasteiger partial charge in [-0.25, -0.2) is 4.98 Å². The van der Waals surface area contributed by atoms with E-state index in [1.807, 2.05) is 37.3 Å². The maximum absolute atomic E-state index is 11.4. The Morgan fingerprint density at radius 1 is 1.00 bits per heavy atom. The average Bonchev–Trinajstić information content (AvgIpc) is 3.13. The average molecular weight is 414 g/mol. The highest BCUT2D eigenvalue weighted by Gasteiger charge is 2.15. The third-order valence-electron chi connectivity index (χ3n) is 4.40. The van der Waals surface area contributed by atoms with E-state index in [9.17, 15) is 4.79 Å². The van der Waals surface area contributed by atoms with Crippen molar-refractivity contribution in [2.45, 2.75) is 39.0 Å². The number of unbranched alkanes of at least 4 members (excludes halogenated alkanes) is 2. The summed E-state index contributed by atoms with van der Waals surface area (Å²) in [5, 5.41) is 1.85. The minimum absolute atomic E-state index is 0.104. The van der Waals surface area contributed by atoms with Crippen molar-refractivity contribution in [2.75, 3.05) is 6.61 Å². The highest BCUT2D eigenvalue weighted by molar-refractivity contribution is 7.15. The molecule has 3 aromatic rings. The summed E-state index contributed by atoms with van der Waals surface area (Å²) in [6.45, 7) is 2.29. The van der Waals surface area contributed by atoms with E-state index in [1.165, 1.54) is 10.4 Å². The van der Waals surface area contributed by atoms with Crippen LogP contribution in [-0.4, -0.2) is 17.6 Å². The molecule has 0 spiro atoms. The van der Waals surface area contributed by atoms with Crippen LogP contribution in [0.15, 0.2) is 54.6 Å². The van der Waals surface area contributed by atoms with Crippen molar-refractivity contribution in [3.63, 3.8) is 0 Å². The molecule has 0 aliphatic carbocycles. The number of aryl methyl sites for hydroxylation is 1. The summed E-state index contributed by atoms with van der Waals surface area (Å²) in [5.41, 5.74) is 3.26. The van der Waals surface area contributed by atoms with Gasteiger partial charge in [0.1, 0.15) is 0 Å². The van der Waals surface area contributed by atoms with E-state index in [-0.39, 0.29) is 5.97 Å². The van der Waals surface area contributed by atoms with Gasteiger partial charge in [0.05, 0.1) is 22.2 Å². The van der Waals surface area contributed by atoms with Gasteiger partial charge in [0, 0.05) is 17.0 Å². The van der Waals surface area contributed by atoms with Gasteiger partial charge in [0.2, 0.25) is 0 Å². The Hall–Kier alpha value is -2.17. The van der Waals surface area contributed by atoms with Gasteiger partial charge in [-0.05, 0) is 43.9 Å². The van der Waals surface area contributed by atoms with E-state index in [1.54, 1.807) is 11.3 Å². The number of esters is 1. The molecule has 0 atom stereocenters. The monoisotopic (exact) mass is 413 g/mol. The zero-order valence-electron chi connectivity index (χ0n) is 16.0. The lowest BCUT2D eigenvalue weighted by Gasteiger charge is -2.03. The molecule has 0 fully saturated rings. The molecular formula is C23H24ClNO2S. The number of carbonyl (C=O) groups excluding carboxylic acids is 1. The second kappa shape index (κ2) is 10.4. The lowest BCUT2D eigenvalue weighted by Crippen LogP contribution is -2.03. The van der Waals surface area contributed by atoms with Crippen LogP contribution in [0.2, 0.25) is 5.02 Å². The van der Waals surface area contributed by atoms with Crippen molar-refractivity contribution in [3.8, 4) is 21.7 Å². The standard InChI is InChI=1S/C23H24ClNO2S/c1-2-27-21(26)12-8-4-7-11-20-25-22(17-13-15-19(24)16-14-17)23(28-20)18-9-5-3-6-10-18/h3,5-6,9-10,13-16H,2,4,7-8,11-12H2,1H3. The molecule has 0 aliphatic rings. The molecule has 0 bridgehead atoms. The quantitative estimate of drug-likeness (QED) is 0.286. The first-order chi connectivity index (χ1) is 13.7. The first kappa shape index (κ1) is 20.6. The molecule has 1 aromatic heterocycles. The smallest absolute Gasteiger partial charge is 0.305 e. The first-order valence-electron chi connectivity index (χ1n) is 9.64. The fraction of sp³-hybridized carbons (Fsp3) is 0.304. The Morgan fingerprint density at radius 2 is 1.75 bits per heavy atom. The molecule has 3 nitrogen and oxygen atoms in total. The maximum Gasteiger partial charge on any atom is 0.305 e. The Kier molecular flexibility index (Phi) is 7.63. The lowest BCUT2D eigenvalue weighted by atomic mass is 10.1. The Balaban J connectivity index is 1.71. The lowest BCUT2D eigenvalue weighted by molar-refractivity contribution is -0.143. The molecule has 28 heavy (non-hydrogen) atoms. The van der Waals surface area contributed by atoms with E-state index < -0.39 is 0 Å². The van der Waals surface area contributed by atoms with Gasteiger partial charge in [0.25, 0.3) is 0 Å². The summed E-state index contributed by atoms with van der Waals surface area (Å²) < 4.78 is 4.97. The maximum atomic E-state index is 11.4. The second-order valence-electron chi connectivity index (χ2n) is 6.52. The molecule has 0 N–H and O–H groups in total. The van der Waals surface area contributed by atoms with E-state index in [2.05, 4.69) is 24.3 Å². The van der Waals surface area contributed by atoms with Crippen LogP contribution < -0.4 is 0 Å². The van der Waals surface area contributed by atoms with Gasteiger partial charge in [0.15, 0.2) is 0 Å². The van der Waals surface area contributed by atoms with E-state index in [0.717, 1.165) is 47.0 Å². The highest BCUT2D eigenvalue weighted by atomic mass is 35.5. The zero-order chi connectivity index (χ0) is 19.8.